The number of rotatable bonds is 7. The summed E-state index contributed by atoms with van der Waals surface area (Å²) in [5.41, 5.74) is -1.14. The molecular formula is C17H32N6O3. The van der Waals surface area contributed by atoms with Gasteiger partial charge in [0.15, 0.2) is 5.82 Å². The van der Waals surface area contributed by atoms with Gasteiger partial charge in [-0.3, -0.25) is 0 Å². The molecule has 0 aliphatic carbocycles. The van der Waals surface area contributed by atoms with E-state index in [2.05, 4.69) is 26.1 Å². The number of nitrogens with one attached hydrogen (secondary N) is 3. The minimum atomic E-state index is -0.569. The van der Waals surface area contributed by atoms with Gasteiger partial charge < -0.3 is 25.3 Å². The van der Waals surface area contributed by atoms with E-state index in [1.165, 1.54) is 0 Å². The quantitative estimate of drug-likeness (QED) is 0.684. The molecule has 1 aromatic heterocycles. The number of hydrogen-bond acceptors (Lipinski definition) is 5. The topological polar surface area (TPSA) is 110 Å². The first kappa shape index (κ1) is 21.7. The second-order valence-electron chi connectivity index (χ2n) is 7.46. The van der Waals surface area contributed by atoms with Gasteiger partial charge in [-0.1, -0.05) is 13.8 Å². The molecule has 3 N–H and O–H groups in total. The largest absolute Gasteiger partial charge is 0.444 e. The number of nitrogens with zero attached hydrogens (tertiary/aromatic N) is 3. The number of alkyl carbamates (subject to hydrolysis) is 1. The van der Waals surface area contributed by atoms with Crippen LogP contribution in [0.15, 0.2) is 6.33 Å². The van der Waals surface area contributed by atoms with E-state index in [0.29, 0.717) is 18.7 Å². The summed E-state index contributed by atoms with van der Waals surface area (Å²) in [5.74, 6) is 0.658. The molecule has 26 heavy (non-hydrogen) atoms. The van der Waals surface area contributed by atoms with Gasteiger partial charge in [0.2, 0.25) is 0 Å². The molecule has 1 heterocycles. The minimum Gasteiger partial charge on any atom is -0.444 e. The first-order chi connectivity index (χ1) is 12.0. The van der Waals surface area contributed by atoms with Gasteiger partial charge in [0.05, 0.1) is 11.6 Å². The number of carbonyl (C=O) groups is 2. The van der Waals surface area contributed by atoms with E-state index in [1.807, 2.05) is 27.8 Å². The minimum absolute atomic E-state index is 0.278. The Kier molecular flexibility index (Phi) is 7.41. The van der Waals surface area contributed by atoms with Crippen LogP contribution in [0.2, 0.25) is 0 Å². The van der Waals surface area contributed by atoms with E-state index in [1.54, 1.807) is 31.7 Å². The van der Waals surface area contributed by atoms with E-state index in [4.69, 9.17) is 4.74 Å². The first-order valence-electron chi connectivity index (χ1n) is 8.91. The Labute approximate surface area is 155 Å². The lowest BCUT2D eigenvalue weighted by atomic mass is 9.93. The summed E-state index contributed by atoms with van der Waals surface area (Å²) in [6, 6.07) is -0.622. The van der Waals surface area contributed by atoms with Crippen molar-refractivity contribution in [3.63, 3.8) is 0 Å². The van der Waals surface area contributed by atoms with Crippen LogP contribution in [-0.2, 0) is 11.8 Å². The highest BCUT2D eigenvalue weighted by molar-refractivity contribution is 5.75. The van der Waals surface area contributed by atoms with Crippen LogP contribution in [0, 0.1) is 0 Å². The maximum Gasteiger partial charge on any atom is 0.407 e. The van der Waals surface area contributed by atoms with Crippen LogP contribution in [0.3, 0.4) is 0 Å². The highest BCUT2D eigenvalue weighted by Gasteiger charge is 2.30. The van der Waals surface area contributed by atoms with Crippen molar-refractivity contribution in [2.45, 2.75) is 71.6 Å². The van der Waals surface area contributed by atoms with Crippen LogP contribution in [0.1, 0.15) is 66.3 Å². The Morgan fingerprint density at radius 2 is 1.88 bits per heavy atom. The second-order valence-corrected chi connectivity index (χ2v) is 7.46. The zero-order chi connectivity index (χ0) is 20.0. The standard InChI is InChI=1S/C17H32N6O3/c1-8-17(9-2,10-18-15(25)26-16(4,5)6)21-14(24)20-12(3)13-22-19-11-23(13)7/h11-12H,8-10H2,1-7H3,(H,18,25)(H2,20,21,24)/t12-/m1/s1. The number of amides is 3. The van der Waals surface area contributed by atoms with Gasteiger partial charge in [-0.05, 0) is 40.5 Å². The van der Waals surface area contributed by atoms with Crippen LogP contribution in [0.4, 0.5) is 9.59 Å². The summed E-state index contributed by atoms with van der Waals surface area (Å²) in [6.07, 6.45) is 2.40. The molecule has 0 fully saturated rings. The molecule has 1 aromatic rings. The number of urea groups is 1. The van der Waals surface area contributed by atoms with Crippen molar-refractivity contribution in [1.29, 1.82) is 0 Å². The highest BCUT2D eigenvalue weighted by Crippen LogP contribution is 2.15. The molecule has 0 spiro atoms. The van der Waals surface area contributed by atoms with Gasteiger partial charge in [-0.25, -0.2) is 9.59 Å². The normalized spacial score (nSPS) is 13.0. The summed E-state index contributed by atoms with van der Waals surface area (Å²) in [7, 11) is 1.82. The zero-order valence-electron chi connectivity index (χ0n) is 16.8. The van der Waals surface area contributed by atoms with Crippen molar-refractivity contribution in [2.24, 2.45) is 7.05 Å². The van der Waals surface area contributed by atoms with Crippen LogP contribution >= 0.6 is 0 Å². The van der Waals surface area contributed by atoms with Crippen LogP contribution in [0.5, 0.6) is 0 Å². The van der Waals surface area contributed by atoms with Gasteiger partial charge in [0.25, 0.3) is 0 Å². The molecule has 0 aliphatic heterocycles. The molecule has 0 saturated heterocycles. The van der Waals surface area contributed by atoms with Crippen molar-refractivity contribution < 1.29 is 14.3 Å². The van der Waals surface area contributed by atoms with E-state index >= 15 is 0 Å². The third-order valence-electron chi connectivity index (χ3n) is 4.18. The molecule has 0 aliphatic rings. The molecule has 0 radical (unpaired) electrons. The number of carbonyl (C=O) groups excluding carboxylic acids is 2. The second kappa shape index (κ2) is 8.86. The fourth-order valence-electron chi connectivity index (χ4n) is 2.50. The molecule has 1 atom stereocenters. The Balaban J connectivity index is 2.66. The number of aromatic nitrogens is 3. The summed E-state index contributed by atoms with van der Waals surface area (Å²) in [5, 5.41) is 16.4. The fraction of sp³-hybridized carbons (Fsp3) is 0.765. The van der Waals surface area contributed by atoms with Crippen molar-refractivity contribution in [3.05, 3.63) is 12.2 Å². The Bertz CT molecular complexity index is 604. The summed E-state index contributed by atoms with van der Waals surface area (Å²) in [4.78, 5) is 24.4. The molecule has 0 saturated carbocycles. The van der Waals surface area contributed by atoms with Crippen molar-refractivity contribution in [2.75, 3.05) is 6.54 Å². The maximum atomic E-state index is 12.4. The van der Waals surface area contributed by atoms with E-state index in [-0.39, 0.29) is 18.6 Å². The van der Waals surface area contributed by atoms with Crippen LogP contribution in [0.25, 0.3) is 0 Å². The average molecular weight is 368 g/mol. The fourth-order valence-corrected chi connectivity index (χ4v) is 2.50. The van der Waals surface area contributed by atoms with E-state index in [0.717, 1.165) is 0 Å². The van der Waals surface area contributed by atoms with E-state index < -0.39 is 17.2 Å². The van der Waals surface area contributed by atoms with E-state index in [9.17, 15) is 9.59 Å². The number of aryl methyl sites for hydroxylation is 1. The van der Waals surface area contributed by atoms with Crippen LogP contribution in [-0.4, -0.2) is 44.6 Å². The Hall–Kier alpha value is -2.32. The Morgan fingerprint density at radius 1 is 1.27 bits per heavy atom. The van der Waals surface area contributed by atoms with Gasteiger partial charge in [-0.15, -0.1) is 10.2 Å². The molecule has 1 rings (SSSR count). The lowest BCUT2D eigenvalue weighted by Crippen LogP contribution is -2.57. The Morgan fingerprint density at radius 3 is 2.35 bits per heavy atom. The van der Waals surface area contributed by atoms with Crippen molar-refractivity contribution in [3.8, 4) is 0 Å². The third kappa shape index (κ3) is 6.53. The maximum absolute atomic E-state index is 12.4. The number of ether oxygens (including phenoxy) is 1. The first-order valence-corrected chi connectivity index (χ1v) is 8.91. The molecule has 3 amide bonds. The predicted octanol–water partition coefficient (Wildman–Crippen LogP) is 2.26. The van der Waals surface area contributed by atoms with Gasteiger partial charge in [0, 0.05) is 13.6 Å². The van der Waals surface area contributed by atoms with Gasteiger partial charge >= 0.3 is 12.1 Å². The van der Waals surface area contributed by atoms with Gasteiger partial charge in [-0.2, -0.15) is 0 Å². The van der Waals surface area contributed by atoms with Crippen LogP contribution < -0.4 is 16.0 Å². The summed E-state index contributed by atoms with van der Waals surface area (Å²) >= 11 is 0. The molecule has 0 aromatic carbocycles. The predicted molar refractivity (Wildman–Crippen MR) is 98.6 cm³/mol. The smallest absolute Gasteiger partial charge is 0.407 e. The van der Waals surface area contributed by atoms with Crippen molar-refractivity contribution in [1.82, 2.24) is 30.7 Å². The monoisotopic (exact) mass is 368 g/mol. The molecule has 148 valence electrons. The zero-order valence-corrected chi connectivity index (χ0v) is 16.8. The molecule has 0 unspecified atom stereocenters. The number of hydrogen-bond donors (Lipinski definition) is 3. The lowest BCUT2D eigenvalue weighted by Gasteiger charge is -2.34. The molecule has 9 heteroatoms. The van der Waals surface area contributed by atoms with Gasteiger partial charge in [0.1, 0.15) is 11.9 Å². The van der Waals surface area contributed by atoms with Crippen molar-refractivity contribution >= 4 is 12.1 Å². The average Bonchev–Trinajstić information content (AvgIpc) is 2.96. The highest BCUT2D eigenvalue weighted by atomic mass is 16.6. The summed E-state index contributed by atoms with van der Waals surface area (Å²) in [6.45, 7) is 11.5. The SMILES string of the molecule is CCC(CC)(CNC(=O)OC(C)(C)C)NC(=O)N[C@H](C)c1nncn1C. The lowest BCUT2D eigenvalue weighted by molar-refractivity contribution is 0.0508. The molecule has 0 bridgehead atoms. The molecular weight excluding hydrogens is 336 g/mol. The summed E-state index contributed by atoms with van der Waals surface area (Å²) < 4.78 is 7.01. The molecule has 9 nitrogen and oxygen atoms in total. The third-order valence-corrected chi connectivity index (χ3v) is 4.18.